The third-order valence-corrected chi connectivity index (χ3v) is 7.47. The zero-order chi connectivity index (χ0) is 21.8. The summed E-state index contributed by atoms with van der Waals surface area (Å²) in [5.41, 5.74) is 5.33. The van der Waals surface area contributed by atoms with Crippen molar-refractivity contribution in [3.63, 3.8) is 0 Å². The number of sulfonamides is 1. The minimum Gasteiger partial charge on any atom is -0.318 e. The Bertz CT molecular complexity index is 1320. The average molecular weight is 423 g/mol. The zero-order valence-electron chi connectivity index (χ0n) is 17.3. The molecule has 0 fully saturated rings. The summed E-state index contributed by atoms with van der Waals surface area (Å²) in [4.78, 5) is 25.6. The van der Waals surface area contributed by atoms with Crippen LogP contribution >= 0.6 is 0 Å². The highest BCUT2D eigenvalue weighted by molar-refractivity contribution is 7.90. The fourth-order valence-corrected chi connectivity index (χ4v) is 5.44. The van der Waals surface area contributed by atoms with Gasteiger partial charge in [0, 0.05) is 22.6 Å². The first-order valence-corrected chi connectivity index (χ1v) is 11.0. The first-order valence-electron chi connectivity index (χ1n) is 9.59. The first-order chi connectivity index (χ1) is 14.1. The summed E-state index contributed by atoms with van der Waals surface area (Å²) in [5, 5.41) is 0. The van der Waals surface area contributed by atoms with Gasteiger partial charge in [-0.1, -0.05) is 18.2 Å². The summed E-state index contributed by atoms with van der Waals surface area (Å²) in [6.45, 7) is 7.26. The Morgan fingerprint density at radius 3 is 2.30 bits per heavy atom. The van der Waals surface area contributed by atoms with Crippen molar-refractivity contribution in [2.75, 3.05) is 6.54 Å². The minimum atomic E-state index is -4.02. The molecule has 6 nitrogen and oxygen atoms in total. The zero-order valence-corrected chi connectivity index (χ0v) is 18.1. The highest BCUT2D eigenvalue weighted by atomic mass is 32.2. The molecule has 4 rings (SSSR count). The molecule has 1 amide bonds. The Balaban J connectivity index is 1.69. The molecule has 3 aromatic rings. The molecule has 154 valence electrons. The Morgan fingerprint density at radius 1 is 0.933 bits per heavy atom. The maximum Gasteiger partial charge on any atom is 0.269 e. The number of Topliss-reactive ketones (excluding diaryl/α,β-unsaturated/α-hetero) is 1. The van der Waals surface area contributed by atoms with E-state index in [9.17, 15) is 18.0 Å². The van der Waals surface area contributed by atoms with Gasteiger partial charge in [0.2, 0.25) is 0 Å². The standard InChI is InChI=1S/C23H22N2O4S/c1-14-9-10-18(11-15(14)2)25-16(3)12-20(17(25)4)21(26)13-24-23(27)19-7-5-6-8-22(19)30(24,28)29/h5-12H,13H2,1-4H3. The number of carbonyl (C=O) groups excluding carboxylic acids is 2. The van der Waals surface area contributed by atoms with E-state index in [-0.39, 0.29) is 10.5 Å². The van der Waals surface area contributed by atoms with Crippen molar-refractivity contribution in [1.29, 1.82) is 0 Å². The lowest BCUT2D eigenvalue weighted by molar-refractivity contribution is 0.0820. The number of amides is 1. The molecule has 0 unspecified atom stereocenters. The number of aryl methyl sites for hydroxylation is 3. The lowest BCUT2D eigenvalue weighted by atomic mass is 10.1. The van der Waals surface area contributed by atoms with Crippen LogP contribution in [0.1, 0.15) is 43.2 Å². The number of carbonyl (C=O) groups is 2. The predicted molar refractivity (Wildman–Crippen MR) is 114 cm³/mol. The van der Waals surface area contributed by atoms with E-state index < -0.39 is 28.3 Å². The molecule has 0 N–H and O–H groups in total. The predicted octanol–water partition coefficient (Wildman–Crippen LogP) is 3.74. The van der Waals surface area contributed by atoms with E-state index in [0.717, 1.165) is 16.9 Å². The molecule has 0 radical (unpaired) electrons. The maximum absolute atomic E-state index is 13.1. The van der Waals surface area contributed by atoms with Crippen LogP contribution < -0.4 is 0 Å². The van der Waals surface area contributed by atoms with E-state index in [0.29, 0.717) is 15.6 Å². The molecular weight excluding hydrogens is 400 g/mol. The van der Waals surface area contributed by atoms with E-state index >= 15 is 0 Å². The van der Waals surface area contributed by atoms with Crippen LogP contribution in [0.25, 0.3) is 5.69 Å². The van der Waals surface area contributed by atoms with Crippen LogP contribution in [0.4, 0.5) is 0 Å². The van der Waals surface area contributed by atoms with Crippen molar-refractivity contribution < 1.29 is 18.0 Å². The fraction of sp³-hybridized carbons (Fsp3) is 0.217. The van der Waals surface area contributed by atoms with Gasteiger partial charge in [0.15, 0.2) is 5.78 Å². The van der Waals surface area contributed by atoms with E-state index in [1.165, 1.54) is 17.7 Å². The maximum atomic E-state index is 13.1. The summed E-state index contributed by atoms with van der Waals surface area (Å²) in [6, 6.07) is 13.8. The van der Waals surface area contributed by atoms with E-state index in [1.807, 2.05) is 44.4 Å². The summed E-state index contributed by atoms with van der Waals surface area (Å²) in [5.74, 6) is -1.08. The third-order valence-electron chi connectivity index (χ3n) is 5.68. The first kappa shape index (κ1) is 20.1. The van der Waals surface area contributed by atoms with Crippen molar-refractivity contribution in [2.45, 2.75) is 32.6 Å². The molecule has 0 spiro atoms. The summed E-state index contributed by atoms with van der Waals surface area (Å²) in [6.07, 6.45) is 0. The minimum absolute atomic E-state index is 0.0524. The van der Waals surface area contributed by atoms with Crippen molar-refractivity contribution in [1.82, 2.24) is 8.87 Å². The van der Waals surface area contributed by atoms with Gasteiger partial charge in [-0.3, -0.25) is 9.59 Å². The smallest absolute Gasteiger partial charge is 0.269 e. The molecule has 30 heavy (non-hydrogen) atoms. The Kier molecular flexibility index (Phi) is 4.66. The molecule has 0 saturated heterocycles. The monoisotopic (exact) mass is 422 g/mol. The van der Waals surface area contributed by atoms with Crippen LogP contribution in [0.2, 0.25) is 0 Å². The topological polar surface area (TPSA) is 76.5 Å². The van der Waals surface area contributed by atoms with Crippen LogP contribution in [0.3, 0.4) is 0 Å². The largest absolute Gasteiger partial charge is 0.318 e. The van der Waals surface area contributed by atoms with Gasteiger partial charge in [-0.25, -0.2) is 12.7 Å². The van der Waals surface area contributed by atoms with Crippen LogP contribution in [0.15, 0.2) is 53.4 Å². The van der Waals surface area contributed by atoms with Crippen molar-refractivity contribution in [2.24, 2.45) is 0 Å². The number of aromatic nitrogens is 1. The molecule has 0 bridgehead atoms. The second kappa shape index (κ2) is 6.95. The molecule has 0 saturated carbocycles. The van der Waals surface area contributed by atoms with Gasteiger partial charge in [0.1, 0.15) is 11.4 Å². The number of fused-ring (bicyclic) bond motifs is 1. The molecule has 2 heterocycles. The second-order valence-corrected chi connectivity index (χ2v) is 9.46. The van der Waals surface area contributed by atoms with Gasteiger partial charge >= 0.3 is 0 Å². The molecule has 7 heteroatoms. The van der Waals surface area contributed by atoms with E-state index in [2.05, 4.69) is 6.07 Å². The van der Waals surface area contributed by atoms with Gasteiger partial charge in [0.25, 0.3) is 15.9 Å². The molecule has 0 aliphatic carbocycles. The van der Waals surface area contributed by atoms with Gasteiger partial charge in [0.05, 0.1) is 5.56 Å². The quantitative estimate of drug-likeness (QED) is 0.600. The molecule has 1 aliphatic rings. The number of benzene rings is 2. The lowest BCUT2D eigenvalue weighted by Gasteiger charge is -2.15. The van der Waals surface area contributed by atoms with Gasteiger partial charge < -0.3 is 4.57 Å². The normalized spacial score (nSPS) is 14.8. The van der Waals surface area contributed by atoms with Crippen molar-refractivity contribution in [3.8, 4) is 5.69 Å². The fourth-order valence-electron chi connectivity index (χ4n) is 3.91. The number of ketones is 1. The van der Waals surface area contributed by atoms with Gasteiger partial charge in [-0.2, -0.15) is 0 Å². The number of hydrogen-bond acceptors (Lipinski definition) is 4. The molecule has 2 aromatic carbocycles. The van der Waals surface area contributed by atoms with Crippen LogP contribution in [-0.2, 0) is 10.0 Å². The SMILES string of the molecule is Cc1ccc(-n2c(C)cc(C(=O)CN3C(=O)c4ccccc4S3(=O)=O)c2C)cc1C. The van der Waals surface area contributed by atoms with Crippen LogP contribution in [0, 0.1) is 27.7 Å². The average Bonchev–Trinajstić information content (AvgIpc) is 3.10. The Labute approximate surface area is 175 Å². The second-order valence-electron chi connectivity index (χ2n) is 7.62. The lowest BCUT2D eigenvalue weighted by Crippen LogP contribution is -2.35. The molecule has 0 atom stereocenters. The summed E-state index contributed by atoms with van der Waals surface area (Å²) in [7, 11) is -4.02. The van der Waals surface area contributed by atoms with Crippen LogP contribution in [-0.4, -0.2) is 35.5 Å². The molecule has 1 aromatic heterocycles. The number of rotatable bonds is 4. The molecule has 1 aliphatic heterocycles. The Morgan fingerprint density at radius 2 is 1.63 bits per heavy atom. The third kappa shape index (κ3) is 2.97. The highest BCUT2D eigenvalue weighted by Gasteiger charge is 2.42. The van der Waals surface area contributed by atoms with E-state index in [4.69, 9.17) is 0 Å². The molecular formula is C23H22N2O4S. The van der Waals surface area contributed by atoms with Crippen molar-refractivity contribution in [3.05, 3.63) is 82.2 Å². The highest BCUT2D eigenvalue weighted by Crippen LogP contribution is 2.30. The summed E-state index contributed by atoms with van der Waals surface area (Å²) >= 11 is 0. The Hall–Kier alpha value is -3.19. The van der Waals surface area contributed by atoms with Gasteiger partial charge in [-0.15, -0.1) is 0 Å². The van der Waals surface area contributed by atoms with Crippen molar-refractivity contribution >= 4 is 21.7 Å². The van der Waals surface area contributed by atoms with E-state index in [1.54, 1.807) is 18.2 Å². The number of nitrogens with zero attached hydrogens (tertiary/aromatic N) is 2. The van der Waals surface area contributed by atoms with Crippen LogP contribution in [0.5, 0.6) is 0 Å². The number of hydrogen-bond donors (Lipinski definition) is 0. The van der Waals surface area contributed by atoms with Gasteiger partial charge in [-0.05, 0) is 69.2 Å². The summed E-state index contributed by atoms with van der Waals surface area (Å²) < 4.78 is 28.1.